The van der Waals surface area contributed by atoms with Crippen LogP contribution in [0.25, 0.3) is 0 Å². The summed E-state index contributed by atoms with van der Waals surface area (Å²) < 4.78 is 0. The Labute approximate surface area is 92.7 Å². The predicted octanol–water partition coefficient (Wildman–Crippen LogP) is 4.16. The molecule has 1 rings (SSSR count). The van der Waals surface area contributed by atoms with Gasteiger partial charge in [-0.2, -0.15) is 5.26 Å². The first kappa shape index (κ1) is 11.8. The van der Waals surface area contributed by atoms with Gasteiger partial charge in [0, 0.05) is 0 Å². The summed E-state index contributed by atoms with van der Waals surface area (Å²) in [6.45, 7) is 6.50. The van der Waals surface area contributed by atoms with Gasteiger partial charge in [0.2, 0.25) is 0 Å². The van der Waals surface area contributed by atoms with Gasteiger partial charge in [-0.3, -0.25) is 0 Å². The van der Waals surface area contributed by atoms with Gasteiger partial charge in [0.05, 0.1) is 11.6 Å². The Morgan fingerprint density at radius 2 is 2.13 bits per heavy atom. The molecule has 1 unspecified atom stereocenters. The SMILES string of the molecule is CCCCC(C)c1cc(C)ccc1C#N. The van der Waals surface area contributed by atoms with Gasteiger partial charge in [0.25, 0.3) is 0 Å². The molecule has 1 aromatic carbocycles. The maximum atomic E-state index is 9.03. The average molecular weight is 201 g/mol. The van der Waals surface area contributed by atoms with Crippen LogP contribution < -0.4 is 0 Å². The van der Waals surface area contributed by atoms with E-state index in [1.165, 1.54) is 30.4 Å². The Bertz CT molecular complexity index is 360. The van der Waals surface area contributed by atoms with Crippen molar-refractivity contribution >= 4 is 0 Å². The standard InChI is InChI=1S/C14H19N/c1-4-5-6-12(3)14-9-11(2)7-8-13(14)10-15/h7-9,12H,4-6H2,1-3H3. The average Bonchev–Trinajstić information content (AvgIpc) is 2.25. The molecule has 80 valence electrons. The highest BCUT2D eigenvalue weighted by Crippen LogP contribution is 2.25. The lowest BCUT2D eigenvalue weighted by Crippen LogP contribution is -1.98. The maximum Gasteiger partial charge on any atom is 0.0994 e. The van der Waals surface area contributed by atoms with Crippen LogP contribution in [0.15, 0.2) is 18.2 Å². The Morgan fingerprint density at radius 3 is 2.73 bits per heavy atom. The van der Waals surface area contributed by atoms with E-state index in [2.05, 4.69) is 32.9 Å². The molecule has 0 fully saturated rings. The minimum Gasteiger partial charge on any atom is -0.192 e. The first-order valence-corrected chi connectivity index (χ1v) is 5.69. The van der Waals surface area contributed by atoms with Crippen LogP contribution in [0, 0.1) is 18.3 Å². The molecule has 0 aliphatic carbocycles. The van der Waals surface area contributed by atoms with Crippen molar-refractivity contribution < 1.29 is 0 Å². The van der Waals surface area contributed by atoms with Crippen LogP contribution in [-0.4, -0.2) is 0 Å². The zero-order valence-electron chi connectivity index (χ0n) is 9.88. The fraction of sp³-hybridized carbons (Fsp3) is 0.500. The fourth-order valence-electron chi connectivity index (χ4n) is 1.86. The summed E-state index contributed by atoms with van der Waals surface area (Å²) in [5.41, 5.74) is 3.29. The Balaban J connectivity index is 2.91. The van der Waals surface area contributed by atoms with Gasteiger partial charge >= 0.3 is 0 Å². The summed E-state index contributed by atoms with van der Waals surface area (Å²) in [6.07, 6.45) is 3.63. The highest BCUT2D eigenvalue weighted by atomic mass is 14.3. The third kappa shape index (κ3) is 3.09. The smallest absolute Gasteiger partial charge is 0.0994 e. The van der Waals surface area contributed by atoms with E-state index in [-0.39, 0.29) is 0 Å². The second kappa shape index (κ2) is 5.56. The van der Waals surface area contributed by atoms with E-state index >= 15 is 0 Å². The molecule has 0 aromatic heterocycles. The molecule has 0 bridgehead atoms. The first-order chi connectivity index (χ1) is 7.19. The lowest BCUT2D eigenvalue weighted by Gasteiger charge is -2.13. The van der Waals surface area contributed by atoms with E-state index in [1.807, 2.05) is 12.1 Å². The predicted molar refractivity (Wildman–Crippen MR) is 63.8 cm³/mol. The molecule has 15 heavy (non-hydrogen) atoms. The van der Waals surface area contributed by atoms with Crippen molar-refractivity contribution in [2.45, 2.75) is 46.0 Å². The second-order valence-corrected chi connectivity index (χ2v) is 4.25. The molecule has 1 heteroatoms. The van der Waals surface area contributed by atoms with Gasteiger partial charge in [-0.25, -0.2) is 0 Å². The number of hydrogen-bond acceptors (Lipinski definition) is 1. The molecule has 0 spiro atoms. The molecular formula is C14H19N. The first-order valence-electron chi connectivity index (χ1n) is 5.69. The van der Waals surface area contributed by atoms with Crippen LogP contribution in [-0.2, 0) is 0 Å². The number of hydrogen-bond donors (Lipinski definition) is 0. The van der Waals surface area contributed by atoms with Gasteiger partial charge in [0.1, 0.15) is 0 Å². The van der Waals surface area contributed by atoms with E-state index in [1.54, 1.807) is 0 Å². The van der Waals surface area contributed by atoms with Crippen LogP contribution >= 0.6 is 0 Å². The zero-order valence-corrected chi connectivity index (χ0v) is 9.88. The summed E-state index contributed by atoms with van der Waals surface area (Å²) in [6, 6.07) is 8.38. The molecule has 0 amide bonds. The molecule has 1 nitrogen and oxygen atoms in total. The van der Waals surface area contributed by atoms with Crippen molar-refractivity contribution in [2.75, 3.05) is 0 Å². The van der Waals surface area contributed by atoms with Crippen LogP contribution in [0.1, 0.15) is 55.7 Å². The fourth-order valence-corrected chi connectivity index (χ4v) is 1.86. The molecule has 0 saturated heterocycles. The van der Waals surface area contributed by atoms with Crippen LogP contribution in [0.3, 0.4) is 0 Å². The summed E-state index contributed by atoms with van der Waals surface area (Å²) in [4.78, 5) is 0. The normalized spacial score (nSPS) is 12.1. The summed E-state index contributed by atoms with van der Waals surface area (Å²) in [5, 5.41) is 9.03. The minimum absolute atomic E-state index is 0.500. The van der Waals surface area contributed by atoms with E-state index in [0.29, 0.717) is 5.92 Å². The van der Waals surface area contributed by atoms with Crippen molar-refractivity contribution in [2.24, 2.45) is 0 Å². The third-order valence-corrected chi connectivity index (χ3v) is 2.85. The van der Waals surface area contributed by atoms with E-state index in [0.717, 1.165) is 5.56 Å². The molecule has 0 heterocycles. The third-order valence-electron chi connectivity index (χ3n) is 2.85. The number of nitrogens with zero attached hydrogens (tertiary/aromatic N) is 1. The topological polar surface area (TPSA) is 23.8 Å². The van der Waals surface area contributed by atoms with Crippen molar-refractivity contribution in [1.29, 1.82) is 5.26 Å². The monoisotopic (exact) mass is 201 g/mol. The van der Waals surface area contributed by atoms with Gasteiger partial charge in [-0.1, -0.05) is 44.4 Å². The van der Waals surface area contributed by atoms with Crippen molar-refractivity contribution in [3.63, 3.8) is 0 Å². The van der Waals surface area contributed by atoms with E-state index in [9.17, 15) is 0 Å². The molecule has 1 atom stereocenters. The Morgan fingerprint density at radius 1 is 1.40 bits per heavy atom. The van der Waals surface area contributed by atoms with Gasteiger partial charge in [-0.15, -0.1) is 0 Å². The number of nitriles is 1. The summed E-state index contributed by atoms with van der Waals surface area (Å²) in [5.74, 6) is 0.500. The number of rotatable bonds is 4. The Kier molecular flexibility index (Phi) is 4.37. The van der Waals surface area contributed by atoms with Gasteiger partial charge < -0.3 is 0 Å². The summed E-state index contributed by atoms with van der Waals surface area (Å²) >= 11 is 0. The van der Waals surface area contributed by atoms with Gasteiger partial charge in [-0.05, 0) is 30.9 Å². The molecule has 0 saturated carbocycles. The van der Waals surface area contributed by atoms with Crippen LogP contribution in [0.4, 0.5) is 0 Å². The Hall–Kier alpha value is -1.29. The molecule has 0 N–H and O–H groups in total. The lowest BCUT2D eigenvalue weighted by molar-refractivity contribution is 0.623. The lowest BCUT2D eigenvalue weighted by atomic mass is 9.91. The number of benzene rings is 1. The van der Waals surface area contributed by atoms with E-state index < -0.39 is 0 Å². The number of unbranched alkanes of at least 4 members (excludes halogenated alkanes) is 1. The number of aryl methyl sites for hydroxylation is 1. The van der Waals surface area contributed by atoms with Crippen LogP contribution in [0.2, 0.25) is 0 Å². The summed E-state index contributed by atoms with van der Waals surface area (Å²) in [7, 11) is 0. The van der Waals surface area contributed by atoms with Crippen molar-refractivity contribution in [1.82, 2.24) is 0 Å². The highest BCUT2D eigenvalue weighted by molar-refractivity contribution is 5.41. The van der Waals surface area contributed by atoms with Crippen molar-refractivity contribution in [3.8, 4) is 6.07 Å². The molecule has 0 aliphatic heterocycles. The maximum absolute atomic E-state index is 9.03. The largest absolute Gasteiger partial charge is 0.192 e. The molecule has 0 aliphatic rings. The minimum atomic E-state index is 0.500. The van der Waals surface area contributed by atoms with Crippen LogP contribution in [0.5, 0.6) is 0 Å². The molecule has 0 radical (unpaired) electrons. The zero-order chi connectivity index (χ0) is 11.3. The quantitative estimate of drug-likeness (QED) is 0.717. The van der Waals surface area contributed by atoms with Gasteiger partial charge in [0.15, 0.2) is 0 Å². The second-order valence-electron chi connectivity index (χ2n) is 4.25. The molecular weight excluding hydrogens is 182 g/mol. The molecule has 1 aromatic rings. The van der Waals surface area contributed by atoms with E-state index in [4.69, 9.17) is 5.26 Å². The highest BCUT2D eigenvalue weighted by Gasteiger charge is 2.10. The van der Waals surface area contributed by atoms with Crippen molar-refractivity contribution in [3.05, 3.63) is 34.9 Å².